The first-order chi connectivity index (χ1) is 8.58. The van der Waals surface area contributed by atoms with Crippen LogP contribution in [0.1, 0.15) is 25.0 Å². The van der Waals surface area contributed by atoms with Gasteiger partial charge in [0.15, 0.2) is 0 Å². The van der Waals surface area contributed by atoms with Gasteiger partial charge in [0.25, 0.3) is 5.56 Å². The third kappa shape index (κ3) is 2.67. The Kier molecular flexibility index (Phi) is 3.60. The van der Waals surface area contributed by atoms with Crippen molar-refractivity contribution in [3.63, 3.8) is 0 Å². The second-order valence-electron chi connectivity index (χ2n) is 5.00. The molecule has 0 saturated heterocycles. The summed E-state index contributed by atoms with van der Waals surface area (Å²) in [6, 6.07) is 8.26. The number of aromatic nitrogens is 2. The molecule has 94 valence electrons. The van der Waals surface area contributed by atoms with E-state index >= 15 is 0 Å². The topological polar surface area (TPSA) is 45.8 Å². The van der Waals surface area contributed by atoms with E-state index in [0.29, 0.717) is 11.5 Å². The molecule has 0 radical (unpaired) electrons. The quantitative estimate of drug-likeness (QED) is 0.899. The maximum atomic E-state index is 11.6. The molecule has 0 unspecified atom stereocenters. The highest BCUT2D eigenvalue weighted by molar-refractivity contribution is 5.62. The van der Waals surface area contributed by atoms with Crippen molar-refractivity contribution in [3.8, 4) is 11.3 Å². The standard InChI is InChI=1S/C15H18N2O/c1-10(2)7-12-5-4-6-13(8-12)14-11(3)15(18)17-9-16-14/h4-6,8-10H,7H2,1-3H3,(H,16,17,18). The summed E-state index contributed by atoms with van der Waals surface area (Å²) in [5.41, 5.74) is 3.65. The largest absolute Gasteiger partial charge is 0.313 e. The summed E-state index contributed by atoms with van der Waals surface area (Å²) in [4.78, 5) is 18.4. The lowest BCUT2D eigenvalue weighted by molar-refractivity contribution is 0.647. The molecule has 0 saturated carbocycles. The van der Waals surface area contributed by atoms with E-state index in [9.17, 15) is 4.79 Å². The molecule has 0 aliphatic heterocycles. The van der Waals surface area contributed by atoms with E-state index in [1.54, 1.807) is 6.92 Å². The van der Waals surface area contributed by atoms with Crippen LogP contribution in [-0.4, -0.2) is 9.97 Å². The third-order valence-corrected chi connectivity index (χ3v) is 2.93. The molecule has 0 amide bonds. The lowest BCUT2D eigenvalue weighted by Gasteiger charge is -2.08. The smallest absolute Gasteiger partial charge is 0.254 e. The van der Waals surface area contributed by atoms with Gasteiger partial charge in [-0.05, 0) is 30.9 Å². The average Bonchev–Trinajstić information content (AvgIpc) is 2.32. The molecule has 18 heavy (non-hydrogen) atoms. The van der Waals surface area contributed by atoms with E-state index in [1.807, 2.05) is 12.1 Å². The van der Waals surface area contributed by atoms with Crippen molar-refractivity contribution in [3.05, 3.63) is 52.1 Å². The van der Waals surface area contributed by atoms with Gasteiger partial charge >= 0.3 is 0 Å². The van der Waals surface area contributed by atoms with E-state index in [4.69, 9.17) is 0 Å². The maximum Gasteiger partial charge on any atom is 0.254 e. The first-order valence-electron chi connectivity index (χ1n) is 6.21. The first-order valence-corrected chi connectivity index (χ1v) is 6.21. The summed E-state index contributed by atoms with van der Waals surface area (Å²) in [6.45, 7) is 6.20. The highest BCUT2D eigenvalue weighted by Gasteiger charge is 2.07. The van der Waals surface area contributed by atoms with Gasteiger partial charge in [-0.2, -0.15) is 0 Å². The molecule has 0 bridgehead atoms. The van der Waals surface area contributed by atoms with Crippen molar-refractivity contribution >= 4 is 0 Å². The molecular formula is C15H18N2O. The van der Waals surface area contributed by atoms with Gasteiger partial charge < -0.3 is 4.98 Å². The van der Waals surface area contributed by atoms with Crippen molar-refractivity contribution in [1.82, 2.24) is 9.97 Å². The number of hydrogen-bond acceptors (Lipinski definition) is 2. The molecular weight excluding hydrogens is 224 g/mol. The Hall–Kier alpha value is -1.90. The normalized spacial score (nSPS) is 10.9. The lowest BCUT2D eigenvalue weighted by Crippen LogP contribution is -2.11. The van der Waals surface area contributed by atoms with Gasteiger partial charge in [-0.3, -0.25) is 4.79 Å². The number of rotatable bonds is 3. The van der Waals surface area contributed by atoms with Gasteiger partial charge in [-0.15, -0.1) is 0 Å². The van der Waals surface area contributed by atoms with Crippen LogP contribution in [-0.2, 0) is 6.42 Å². The zero-order valence-corrected chi connectivity index (χ0v) is 11.0. The highest BCUT2D eigenvalue weighted by Crippen LogP contribution is 2.20. The molecule has 0 fully saturated rings. The predicted molar refractivity (Wildman–Crippen MR) is 73.6 cm³/mol. The second-order valence-corrected chi connectivity index (χ2v) is 5.00. The average molecular weight is 242 g/mol. The summed E-state index contributed by atoms with van der Waals surface area (Å²) in [5.74, 6) is 0.619. The van der Waals surface area contributed by atoms with Crippen molar-refractivity contribution in [2.24, 2.45) is 5.92 Å². The fraction of sp³-hybridized carbons (Fsp3) is 0.333. The van der Waals surface area contributed by atoms with Gasteiger partial charge in [-0.1, -0.05) is 32.0 Å². The van der Waals surface area contributed by atoms with Crippen LogP contribution in [0.4, 0.5) is 0 Å². The number of hydrogen-bond donors (Lipinski definition) is 1. The Balaban J connectivity index is 2.45. The van der Waals surface area contributed by atoms with Gasteiger partial charge in [0.05, 0.1) is 12.0 Å². The fourth-order valence-electron chi connectivity index (χ4n) is 2.08. The molecule has 1 heterocycles. The summed E-state index contributed by atoms with van der Waals surface area (Å²) in [7, 11) is 0. The van der Waals surface area contributed by atoms with Crippen molar-refractivity contribution in [1.29, 1.82) is 0 Å². The number of H-pyrrole nitrogens is 1. The lowest BCUT2D eigenvalue weighted by atomic mass is 9.99. The van der Waals surface area contributed by atoms with E-state index < -0.39 is 0 Å². The van der Waals surface area contributed by atoms with Crippen LogP contribution in [0, 0.1) is 12.8 Å². The summed E-state index contributed by atoms with van der Waals surface area (Å²) < 4.78 is 0. The minimum atomic E-state index is -0.0748. The Morgan fingerprint density at radius 2 is 2.11 bits per heavy atom. The Morgan fingerprint density at radius 1 is 1.33 bits per heavy atom. The van der Waals surface area contributed by atoms with Crippen LogP contribution < -0.4 is 5.56 Å². The Morgan fingerprint density at radius 3 is 2.83 bits per heavy atom. The monoisotopic (exact) mass is 242 g/mol. The van der Waals surface area contributed by atoms with Gasteiger partial charge in [0.2, 0.25) is 0 Å². The van der Waals surface area contributed by atoms with Crippen LogP contribution >= 0.6 is 0 Å². The minimum absolute atomic E-state index is 0.0748. The SMILES string of the molecule is Cc1c(-c2cccc(CC(C)C)c2)nc[nH]c1=O. The number of nitrogens with one attached hydrogen (secondary N) is 1. The van der Waals surface area contributed by atoms with Gasteiger partial charge in [0, 0.05) is 11.1 Å². The van der Waals surface area contributed by atoms with Crippen molar-refractivity contribution in [2.45, 2.75) is 27.2 Å². The molecule has 1 aromatic heterocycles. The zero-order chi connectivity index (χ0) is 13.1. The molecule has 3 heteroatoms. The van der Waals surface area contributed by atoms with E-state index in [2.05, 4.69) is 35.9 Å². The first kappa shape index (κ1) is 12.6. The van der Waals surface area contributed by atoms with E-state index in [-0.39, 0.29) is 5.56 Å². The van der Waals surface area contributed by atoms with Gasteiger partial charge in [0.1, 0.15) is 0 Å². The molecule has 3 nitrogen and oxygen atoms in total. The van der Waals surface area contributed by atoms with Crippen molar-refractivity contribution in [2.75, 3.05) is 0 Å². The number of nitrogens with zero attached hydrogens (tertiary/aromatic N) is 1. The second kappa shape index (κ2) is 5.17. The zero-order valence-electron chi connectivity index (χ0n) is 11.0. The Labute approximate surface area is 107 Å². The van der Waals surface area contributed by atoms with Crippen molar-refractivity contribution < 1.29 is 0 Å². The third-order valence-electron chi connectivity index (χ3n) is 2.93. The van der Waals surface area contributed by atoms with Crippen LogP contribution in [0.5, 0.6) is 0 Å². The Bertz CT molecular complexity index is 599. The van der Waals surface area contributed by atoms with Crippen LogP contribution in [0.25, 0.3) is 11.3 Å². The number of benzene rings is 1. The summed E-state index contributed by atoms with van der Waals surface area (Å²) in [6.07, 6.45) is 2.50. The van der Waals surface area contributed by atoms with Gasteiger partial charge in [-0.25, -0.2) is 4.98 Å². The molecule has 2 aromatic rings. The number of aromatic amines is 1. The molecule has 1 aromatic carbocycles. The molecule has 0 aliphatic rings. The maximum absolute atomic E-state index is 11.6. The van der Waals surface area contributed by atoms with E-state index in [0.717, 1.165) is 17.7 Å². The predicted octanol–water partition coefficient (Wildman–Crippen LogP) is 2.94. The van der Waals surface area contributed by atoms with Crippen LogP contribution in [0.15, 0.2) is 35.4 Å². The molecule has 0 spiro atoms. The summed E-state index contributed by atoms with van der Waals surface area (Å²) >= 11 is 0. The summed E-state index contributed by atoms with van der Waals surface area (Å²) in [5, 5.41) is 0. The molecule has 1 N–H and O–H groups in total. The van der Waals surface area contributed by atoms with E-state index in [1.165, 1.54) is 11.9 Å². The molecule has 0 aliphatic carbocycles. The van der Waals surface area contributed by atoms with Crippen LogP contribution in [0.2, 0.25) is 0 Å². The highest BCUT2D eigenvalue weighted by atomic mass is 16.1. The molecule has 2 rings (SSSR count). The minimum Gasteiger partial charge on any atom is -0.313 e. The molecule has 0 atom stereocenters. The fourth-order valence-corrected chi connectivity index (χ4v) is 2.08. The van der Waals surface area contributed by atoms with Crippen LogP contribution in [0.3, 0.4) is 0 Å².